The topological polar surface area (TPSA) is 71.2 Å². The molecule has 0 aliphatic rings. The summed E-state index contributed by atoms with van der Waals surface area (Å²) >= 11 is 1.79. The van der Waals surface area contributed by atoms with Crippen molar-refractivity contribution < 1.29 is 23.1 Å². The molecule has 0 spiro atoms. The molecule has 31 heavy (non-hydrogen) atoms. The summed E-state index contributed by atoms with van der Waals surface area (Å²) in [4.78, 5) is 21.8. The van der Waals surface area contributed by atoms with Gasteiger partial charge >= 0.3 is 12.1 Å². The van der Waals surface area contributed by atoms with E-state index in [4.69, 9.17) is 14.9 Å². The molecule has 0 saturated heterocycles. The number of rotatable bonds is 5. The molecule has 2 aromatic heterocycles. The summed E-state index contributed by atoms with van der Waals surface area (Å²) < 4.78 is 33.9. The average Bonchev–Trinajstić information content (AvgIpc) is 3.25. The predicted octanol–water partition coefficient (Wildman–Crippen LogP) is 4.99. The van der Waals surface area contributed by atoms with Gasteiger partial charge in [0.2, 0.25) is 0 Å². The van der Waals surface area contributed by atoms with Gasteiger partial charge in [-0.1, -0.05) is 30.3 Å². The highest BCUT2D eigenvalue weighted by Gasteiger charge is 2.38. The number of aromatic nitrogens is 3. The van der Waals surface area contributed by atoms with Gasteiger partial charge in [-0.15, -0.1) is 11.3 Å². The summed E-state index contributed by atoms with van der Waals surface area (Å²) in [7, 11) is 4.23. The number of alkyl halides is 3. The largest absolute Gasteiger partial charge is 0.490 e. The van der Waals surface area contributed by atoms with Gasteiger partial charge in [0.25, 0.3) is 0 Å². The second-order valence-corrected chi connectivity index (χ2v) is 8.12. The Kier molecular flexibility index (Phi) is 7.96. The van der Waals surface area contributed by atoms with Crippen LogP contribution < -0.4 is 0 Å². The number of halogens is 3. The lowest BCUT2D eigenvalue weighted by Crippen LogP contribution is -2.23. The molecule has 0 saturated carbocycles. The third-order valence-electron chi connectivity index (χ3n) is 4.86. The molecular weight excluding hydrogens is 429 g/mol. The summed E-state index contributed by atoms with van der Waals surface area (Å²) in [6.07, 6.45) is -3.12. The number of hydrogen-bond acceptors (Lipinski definition) is 5. The van der Waals surface area contributed by atoms with Crippen LogP contribution in [0.2, 0.25) is 0 Å². The predicted molar refractivity (Wildman–Crippen MR) is 114 cm³/mol. The first-order valence-corrected chi connectivity index (χ1v) is 10.2. The Hall–Kier alpha value is -2.72. The third-order valence-corrected chi connectivity index (χ3v) is 6.24. The lowest BCUT2D eigenvalue weighted by Gasteiger charge is -2.24. The zero-order chi connectivity index (χ0) is 23.3. The van der Waals surface area contributed by atoms with Crippen LogP contribution in [0.4, 0.5) is 13.2 Å². The van der Waals surface area contributed by atoms with Crippen molar-refractivity contribution in [1.82, 2.24) is 19.4 Å². The van der Waals surface area contributed by atoms with Crippen LogP contribution in [0.15, 0.2) is 36.5 Å². The highest BCUT2D eigenvalue weighted by atomic mass is 32.1. The monoisotopic (exact) mass is 454 g/mol. The van der Waals surface area contributed by atoms with Gasteiger partial charge in [0.05, 0.1) is 11.4 Å². The second-order valence-electron chi connectivity index (χ2n) is 7.08. The van der Waals surface area contributed by atoms with E-state index in [0.717, 1.165) is 23.1 Å². The van der Waals surface area contributed by atoms with Crippen LogP contribution in [0.5, 0.6) is 0 Å². The smallest absolute Gasteiger partial charge is 0.475 e. The lowest BCUT2D eigenvalue weighted by molar-refractivity contribution is -0.192. The number of thiazole rings is 1. The summed E-state index contributed by atoms with van der Waals surface area (Å²) in [5, 5.41) is 8.22. The number of benzene rings is 1. The normalized spacial score (nSPS) is 12.4. The Balaban J connectivity index is 0.000000423. The average molecular weight is 455 g/mol. The minimum absolute atomic E-state index is 0.315. The molecule has 6 nitrogen and oxygen atoms in total. The van der Waals surface area contributed by atoms with E-state index >= 15 is 0 Å². The van der Waals surface area contributed by atoms with Crippen molar-refractivity contribution in [2.24, 2.45) is 7.05 Å². The Labute approximate surface area is 183 Å². The van der Waals surface area contributed by atoms with Crippen LogP contribution in [0.25, 0.3) is 10.6 Å². The van der Waals surface area contributed by atoms with Gasteiger partial charge in [-0.2, -0.15) is 13.2 Å². The summed E-state index contributed by atoms with van der Waals surface area (Å²) in [6, 6.07) is 10.7. The van der Waals surface area contributed by atoms with E-state index < -0.39 is 12.1 Å². The van der Waals surface area contributed by atoms with E-state index in [-0.39, 0.29) is 0 Å². The fourth-order valence-electron chi connectivity index (χ4n) is 2.79. The number of carbonyl (C=O) groups is 1. The van der Waals surface area contributed by atoms with E-state index in [1.807, 2.05) is 19.2 Å². The first-order chi connectivity index (χ1) is 14.4. The minimum Gasteiger partial charge on any atom is -0.475 e. The van der Waals surface area contributed by atoms with E-state index in [9.17, 15) is 13.2 Å². The molecule has 0 bridgehead atoms. The molecule has 1 unspecified atom stereocenters. The molecule has 3 aromatic rings. The van der Waals surface area contributed by atoms with Gasteiger partial charge < -0.3 is 9.67 Å². The number of carboxylic acid groups (broad SMARTS) is 1. The molecule has 0 aliphatic heterocycles. The SMILES string of the molecule is Cc1nc(-c2ccccc2)sc1C(C)N(C)Cc1cnc(C)n1C.O=C(O)C(F)(F)F. The number of hydrogen-bond donors (Lipinski definition) is 1. The summed E-state index contributed by atoms with van der Waals surface area (Å²) in [6.45, 7) is 7.26. The second kappa shape index (κ2) is 10.1. The van der Waals surface area contributed by atoms with Crippen LogP contribution in [-0.2, 0) is 18.4 Å². The number of aliphatic carboxylic acids is 1. The van der Waals surface area contributed by atoms with Gasteiger partial charge in [-0.05, 0) is 27.8 Å². The number of carboxylic acids is 1. The van der Waals surface area contributed by atoms with E-state index in [2.05, 4.69) is 66.7 Å². The zero-order valence-corrected chi connectivity index (χ0v) is 18.8. The van der Waals surface area contributed by atoms with E-state index in [1.54, 1.807) is 11.3 Å². The quantitative estimate of drug-likeness (QED) is 0.588. The number of nitrogens with zero attached hydrogens (tertiary/aromatic N) is 4. The maximum Gasteiger partial charge on any atom is 0.490 e. The molecule has 1 N–H and O–H groups in total. The van der Waals surface area contributed by atoms with E-state index in [0.29, 0.717) is 6.04 Å². The van der Waals surface area contributed by atoms with Gasteiger partial charge in [-0.3, -0.25) is 4.90 Å². The maximum absolute atomic E-state index is 10.6. The molecule has 1 aromatic carbocycles. The van der Waals surface area contributed by atoms with Gasteiger partial charge in [0.1, 0.15) is 10.8 Å². The Morgan fingerprint density at radius 3 is 2.32 bits per heavy atom. The van der Waals surface area contributed by atoms with Crippen LogP contribution in [-0.4, -0.2) is 43.7 Å². The fourth-order valence-corrected chi connectivity index (χ4v) is 3.98. The molecule has 2 heterocycles. The van der Waals surface area contributed by atoms with Gasteiger partial charge in [-0.25, -0.2) is 14.8 Å². The third kappa shape index (κ3) is 6.38. The first-order valence-electron chi connectivity index (χ1n) is 9.42. The maximum atomic E-state index is 10.6. The van der Waals surface area contributed by atoms with Crippen molar-refractivity contribution >= 4 is 17.3 Å². The molecule has 1 atom stereocenters. The zero-order valence-electron chi connectivity index (χ0n) is 17.9. The summed E-state index contributed by atoms with van der Waals surface area (Å²) in [5.74, 6) is -1.71. The Morgan fingerprint density at radius 2 is 1.84 bits per heavy atom. The van der Waals surface area contributed by atoms with Crippen molar-refractivity contribution in [2.45, 2.75) is 39.5 Å². The molecule has 0 amide bonds. The molecule has 0 fully saturated rings. The number of imidazole rings is 1. The lowest BCUT2D eigenvalue weighted by atomic mass is 10.2. The Bertz CT molecular complexity index is 1020. The van der Waals surface area contributed by atoms with E-state index in [1.165, 1.54) is 16.1 Å². The van der Waals surface area contributed by atoms with Crippen LogP contribution in [0.3, 0.4) is 0 Å². The number of aryl methyl sites for hydroxylation is 2. The van der Waals surface area contributed by atoms with Crippen LogP contribution in [0, 0.1) is 13.8 Å². The standard InChI is InChI=1S/C19H24N4S.C2HF3O2/c1-13-18(24-19(21-13)16-9-7-6-8-10-16)14(2)22(4)12-17-11-20-15(3)23(17)5;3-2(4,5)1(6)7/h6-11,14H,12H2,1-5H3;(H,6,7). The highest BCUT2D eigenvalue weighted by Crippen LogP contribution is 2.34. The van der Waals surface area contributed by atoms with Crippen LogP contribution in [0.1, 0.15) is 35.1 Å². The first kappa shape index (κ1) is 24.5. The molecule has 0 radical (unpaired) electrons. The molecular formula is C21H25F3N4O2S. The van der Waals surface area contributed by atoms with Crippen LogP contribution >= 0.6 is 11.3 Å². The Morgan fingerprint density at radius 1 is 1.26 bits per heavy atom. The van der Waals surface area contributed by atoms with Crippen molar-refractivity contribution in [3.63, 3.8) is 0 Å². The van der Waals surface area contributed by atoms with Crippen molar-refractivity contribution in [1.29, 1.82) is 0 Å². The highest BCUT2D eigenvalue weighted by molar-refractivity contribution is 7.15. The molecule has 3 rings (SSSR count). The fraction of sp³-hybridized carbons (Fsp3) is 0.381. The molecule has 10 heteroatoms. The van der Waals surface area contributed by atoms with Crippen molar-refractivity contribution in [3.05, 3.63) is 58.6 Å². The van der Waals surface area contributed by atoms with Crippen molar-refractivity contribution in [2.75, 3.05) is 7.05 Å². The molecule has 0 aliphatic carbocycles. The summed E-state index contributed by atoms with van der Waals surface area (Å²) in [5.41, 5.74) is 3.54. The van der Waals surface area contributed by atoms with Gasteiger partial charge in [0.15, 0.2) is 0 Å². The van der Waals surface area contributed by atoms with Gasteiger partial charge in [0, 0.05) is 36.3 Å². The van der Waals surface area contributed by atoms with Crippen molar-refractivity contribution in [3.8, 4) is 10.6 Å². The minimum atomic E-state index is -5.08. The molecule has 168 valence electrons.